The molecule has 1 N–H and O–H groups in total. The zero-order chi connectivity index (χ0) is 12.0. The first kappa shape index (κ1) is 12.7. The van der Waals surface area contributed by atoms with Crippen molar-refractivity contribution in [1.29, 1.82) is 0 Å². The van der Waals surface area contributed by atoms with Gasteiger partial charge in [-0.15, -0.1) is 0 Å². The number of rotatable bonds is 5. The fourth-order valence-corrected chi connectivity index (χ4v) is 1.44. The molecule has 88 valence electrons. The maximum atomic E-state index is 11.5. The molecule has 16 heavy (non-hydrogen) atoms. The van der Waals surface area contributed by atoms with E-state index in [0.29, 0.717) is 5.56 Å². The first-order chi connectivity index (χ1) is 7.49. The van der Waals surface area contributed by atoms with E-state index < -0.39 is 10.1 Å². The number of carbonyl (C=O) groups is 1. The second-order valence-corrected chi connectivity index (χ2v) is 4.79. The molecule has 0 aliphatic carbocycles. The summed E-state index contributed by atoms with van der Waals surface area (Å²) in [5.74, 6) is -0.252. The molecule has 0 bridgehead atoms. The third kappa shape index (κ3) is 4.90. The van der Waals surface area contributed by atoms with Crippen molar-refractivity contribution in [2.24, 2.45) is 0 Å². The van der Waals surface area contributed by atoms with Gasteiger partial charge in [0.2, 0.25) is 0 Å². The van der Waals surface area contributed by atoms with E-state index in [-0.39, 0.29) is 19.1 Å². The normalized spacial score (nSPS) is 11.1. The summed E-state index contributed by atoms with van der Waals surface area (Å²) >= 11 is 0. The SMILES string of the molecule is CS(=O)(=O)OCCNC(=O)c1ccccc1. The Morgan fingerprint density at radius 1 is 1.31 bits per heavy atom. The second-order valence-electron chi connectivity index (χ2n) is 3.15. The van der Waals surface area contributed by atoms with Gasteiger partial charge in [-0.1, -0.05) is 18.2 Å². The molecule has 1 aromatic carbocycles. The van der Waals surface area contributed by atoms with Crippen LogP contribution in [0.25, 0.3) is 0 Å². The Balaban J connectivity index is 2.32. The van der Waals surface area contributed by atoms with Gasteiger partial charge >= 0.3 is 0 Å². The lowest BCUT2D eigenvalue weighted by atomic mass is 10.2. The van der Waals surface area contributed by atoms with Crippen molar-refractivity contribution in [2.45, 2.75) is 0 Å². The quantitative estimate of drug-likeness (QED) is 0.600. The van der Waals surface area contributed by atoms with Gasteiger partial charge in [-0.2, -0.15) is 8.42 Å². The van der Waals surface area contributed by atoms with Crippen LogP contribution in [0.2, 0.25) is 0 Å². The molecule has 0 saturated carbocycles. The van der Waals surface area contributed by atoms with Crippen molar-refractivity contribution >= 4 is 16.0 Å². The summed E-state index contributed by atoms with van der Waals surface area (Å²) in [7, 11) is -3.44. The van der Waals surface area contributed by atoms with Gasteiger partial charge in [0.1, 0.15) is 0 Å². The van der Waals surface area contributed by atoms with Gasteiger partial charge in [-0.05, 0) is 12.1 Å². The molecular formula is C10H13NO4S. The number of carbonyl (C=O) groups excluding carboxylic acids is 1. The van der Waals surface area contributed by atoms with Crippen LogP contribution in [-0.2, 0) is 14.3 Å². The Morgan fingerprint density at radius 3 is 2.50 bits per heavy atom. The Hall–Kier alpha value is -1.40. The highest BCUT2D eigenvalue weighted by Gasteiger charge is 2.04. The first-order valence-corrected chi connectivity index (χ1v) is 6.48. The molecule has 6 heteroatoms. The van der Waals surface area contributed by atoms with Crippen LogP contribution in [0.5, 0.6) is 0 Å². The summed E-state index contributed by atoms with van der Waals surface area (Å²) in [6, 6.07) is 8.66. The van der Waals surface area contributed by atoms with Crippen LogP contribution in [0.15, 0.2) is 30.3 Å². The van der Waals surface area contributed by atoms with Crippen LogP contribution in [0.1, 0.15) is 10.4 Å². The Morgan fingerprint density at radius 2 is 1.94 bits per heavy atom. The number of nitrogens with one attached hydrogen (secondary N) is 1. The number of hydrogen-bond donors (Lipinski definition) is 1. The average molecular weight is 243 g/mol. The summed E-state index contributed by atoms with van der Waals surface area (Å²) in [5.41, 5.74) is 0.529. The van der Waals surface area contributed by atoms with Crippen molar-refractivity contribution in [2.75, 3.05) is 19.4 Å². The lowest BCUT2D eigenvalue weighted by Gasteiger charge is -2.04. The van der Waals surface area contributed by atoms with Crippen molar-refractivity contribution in [3.63, 3.8) is 0 Å². The smallest absolute Gasteiger partial charge is 0.264 e. The Bertz CT molecular complexity index is 441. The van der Waals surface area contributed by atoms with E-state index in [2.05, 4.69) is 9.50 Å². The molecule has 0 spiro atoms. The van der Waals surface area contributed by atoms with Gasteiger partial charge in [0.15, 0.2) is 0 Å². The molecule has 0 aromatic heterocycles. The minimum atomic E-state index is -3.44. The second kappa shape index (κ2) is 5.62. The van der Waals surface area contributed by atoms with E-state index in [9.17, 15) is 13.2 Å². The molecule has 0 saturated heterocycles. The molecule has 0 radical (unpaired) electrons. The van der Waals surface area contributed by atoms with Crippen molar-refractivity contribution < 1.29 is 17.4 Å². The highest BCUT2D eigenvalue weighted by molar-refractivity contribution is 7.85. The predicted molar refractivity (Wildman–Crippen MR) is 59.6 cm³/mol. The molecule has 0 heterocycles. The van der Waals surface area contributed by atoms with Crippen LogP contribution in [-0.4, -0.2) is 33.7 Å². The van der Waals surface area contributed by atoms with Crippen LogP contribution >= 0.6 is 0 Å². The third-order valence-corrected chi connectivity index (χ3v) is 2.32. The molecule has 0 unspecified atom stereocenters. The largest absolute Gasteiger partial charge is 0.350 e. The van der Waals surface area contributed by atoms with Crippen LogP contribution in [0.4, 0.5) is 0 Å². The number of benzene rings is 1. The minimum Gasteiger partial charge on any atom is -0.350 e. The van der Waals surface area contributed by atoms with E-state index in [4.69, 9.17) is 0 Å². The summed E-state index contributed by atoms with van der Waals surface area (Å²) in [5, 5.41) is 2.54. The standard InChI is InChI=1S/C10H13NO4S/c1-16(13,14)15-8-7-11-10(12)9-5-3-2-4-6-9/h2-6H,7-8H2,1H3,(H,11,12). The summed E-state index contributed by atoms with van der Waals surface area (Å²) < 4.78 is 25.7. The van der Waals surface area contributed by atoms with Crippen LogP contribution < -0.4 is 5.32 Å². The molecular weight excluding hydrogens is 230 g/mol. The molecule has 0 atom stereocenters. The number of hydrogen-bond acceptors (Lipinski definition) is 4. The topological polar surface area (TPSA) is 72.5 Å². The zero-order valence-corrected chi connectivity index (χ0v) is 9.66. The van der Waals surface area contributed by atoms with Crippen LogP contribution in [0, 0.1) is 0 Å². The molecule has 5 nitrogen and oxygen atoms in total. The fourth-order valence-electron chi connectivity index (χ4n) is 1.05. The lowest BCUT2D eigenvalue weighted by molar-refractivity contribution is 0.0947. The highest BCUT2D eigenvalue weighted by atomic mass is 32.2. The van der Waals surface area contributed by atoms with Gasteiger partial charge in [-0.25, -0.2) is 0 Å². The summed E-state index contributed by atoms with van der Waals surface area (Å²) in [6.07, 6.45) is 0.964. The molecule has 1 aromatic rings. The molecule has 1 rings (SSSR count). The number of amides is 1. The maximum Gasteiger partial charge on any atom is 0.264 e. The van der Waals surface area contributed by atoms with Gasteiger partial charge < -0.3 is 5.32 Å². The summed E-state index contributed by atoms with van der Waals surface area (Å²) in [6.45, 7) is 0.0954. The third-order valence-electron chi connectivity index (χ3n) is 1.72. The molecule has 0 aliphatic rings. The van der Waals surface area contributed by atoms with Crippen molar-refractivity contribution in [3.05, 3.63) is 35.9 Å². The monoisotopic (exact) mass is 243 g/mol. The van der Waals surface area contributed by atoms with Gasteiger partial charge in [0.05, 0.1) is 12.9 Å². The zero-order valence-electron chi connectivity index (χ0n) is 8.84. The molecule has 0 fully saturated rings. The molecule has 1 amide bonds. The van der Waals surface area contributed by atoms with E-state index in [0.717, 1.165) is 6.26 Å². The van der Waals surface area contributed by atoms with E-state index >= 15 is 0 Å². The lowest BCUT2D eigenvalue weighted by Crippen LogP contribution is -2.27. The van der Waals surface area contributed by atoms with Crippen LogP contribution in [0.3, 0.4) is 0 Å². The van der Waals surface area contributed by atoms with Crippen molar-refractivity contribution in [1.82, 2.24) is 5.32 Å². The van der Waals surface area contributed by atoms with Gasteiger partial charge in [-0.3, -0.25) is 8.98 Å². The Kier molecular flexibility index (Phi) is 4.45. The average Bonchev–Trinajstić information content (AvgIpc) is 2.24. The van der Waals surface area contributed by atoms with Crippen molar-refractivity contribution in [3.8, 4) is 0 Å². The molecule has 0 aliphatic heterocycles. The minimum absolute atomic E-state index is 0.0581. The van der Waals surface area contributed by atoms with Gasteiger partial charge in [0.25, 0.3) is 16.0 Å². The highest BCUT2D eigenvalue weighted by Crippen LogP contribution is 1.97. The van der Waals surface area contributed by atoms with E-state index in [1.165, 1.54) is 0 Å². The Labute approximate surface area is 94.6 Å². The van der Waals surface area contributed by atoms with Gasteiger partial charge in [0, 0.05) is 12.1 Å². The van der Waals surface area contributed by atoms with E-state index in [1.807, 2.05) is 6.07 Å². The fraction of sp³-hybridized carbons (Fsp3) is 0.300. The predicted octanol–water partition coefficient (Wildman–Crippen LogP) is 0.393. The maximum absolute atomic E-state index is 11.5. The summed E-state index contributed by atoms with van der Waals surface area (Å²) in [4.78, 5) is 11.5. The van der Waals surface area contributed by atoms with E-state index in [1.54, 1.807) is 24.3 Å². The first-order valence-electron chi connectivity index (χ1n) is 4.67.